The molecule has 1 saturated heterocycles. The summed E-state index contributed by atoms with van der Waals surface area (Å²) in [6.45, 7) is 2.79. The van der Waals surface area contributed by atoms with Crippen molar-refractivity contribution in [3.05, 3.63) is 70.6 Å². The molecule has 0 aliphatic carbocycles. The van der Waals surface area contributed by atoms with Gasteiger partial charge < -0.3 is 14.7 Å². The molecule has 1 aliphatic rings. The summed E-state index contributed by atoms with van der Waals surface area (Å²) in [5.74, 6) is -0.164. The Kier molecular flexibility index (Phi) is 8.81. The predicted molar refractivity (Wildman–Crippen MR) is 141 cm³/mol. The molecule has 0 unspecified atom stereocenters. The Labute approximate surface area is 217 Å². The first-order valence-corrected chi connectivity index (χ1v) is 13.0. The number of benzene rings is 2. The van der Waals surface area contributed by atoms with Crippen LogP contribution in [0.5, 0.6) is 5.75 Å². The van der Waals surface area contributed by atoms with Gasteiger partial charge >= 0.3 is 5.97 Å². The summed E-state index contributed by atoms with van der Waals surface area (Å²) in [5, 5.41) is 11.3. The van der Waals surface area contributed by atoms with Gasteiger partial charge in [0.2, 0.25) is 0 Å². The number of rotatable bonds is 11. The van der Waals surface area contributed by atoms with E-state index in [0.29, 0.717) is 5.02 Å². The molecule has 1 aliphatic heterocycles. The maximum atomic E-state index is 13.1. The average molecular weight is 513 g/mol. The van der Waals surface area contributed by atoms with Crippen molar-refractivity contribution in [3.63, 3.8) is 0 Å². The number of likely N-dealkylation sites (tertiary alicyclic amines) is 1. The van der Waals surface area contributed by atoms with E-state index < -0.39 is 5.97 Å². The van der Waals surface area contributed by atoms with Gasteiger partial charge in [-0.25, -0.2) is 4.39 Å². The molecule has 2 heterocycles. The Morgan fingerprint density at radius 1 is 1.14 bits per heavy atom. The zero-order chi connectivity index (χ0) is 25.5. The van der Waals surface area contributed by atoms with Crippen LogP contribution in [0.3, 0.4) is 0 Å². The molecule has 0 bridgehead atoms. The quantitative estimate of drug-likeness (QED) is 0.315. The molecule has 0 atom stereocenters. The Morgan fingerprint density at radius 3 is 2.58 bits per heavy atom. The fourth-order valence-corrected chi connectivity index (χ4v) is 5.71. The number of hydrogen-bond donors (Lipinski definition) is 1. The molecule has 0 spiro atoms. The highest BCUT2D eigenvalue weighted by Crippen LogP contribution is 2.40. The van der Waals surface area contributed by atoms with Gasteiger partial charge in [0.1, 0.15) is 11.6 Å². The smallest absolute Gasteiger partial charge is 0.303 e. The number of pyridine rings is 1. The number of fused-ring (bicyclic) bond motifs is 1. The summed E-state index contributed by atoms with van der Waals surface area (Å²) in [5.41, 5.74) is 2.88. The van der Waals surface area contributed by atoms with Crippen molar-refractivity contribution in [2.75, 3.05) is 26.7 Å². The Hall–Kier alpha value is -2.70. The second-order valence-corrected chi connectivity index (χ2v) is 10.4. The van der Waals surface area contributed by atoms with E-state index in [9.17, 15) is 14.3 Å². The monoisotopic (exact) mass is 512 g/mol. The minimum absolute atomic E-state index is 0.188. The molecule has 4 rings (SSSR count). The third kappa shape index (κ3) is 6.74. The lowest BCUT2D eigenvalue weighted by Gasteiger charge is -2.41. The molecule has 0 saturated carbocycles. The van der Waals surface area contributed by atoms with Crippen LogP contribution in [0.1, 0.15) is 49.7 Å². The van der Waals surface area contributed by atoms with Crippen molar-refractivity contribution in [3.8, 4) is 5.75 Å². The number of halogens is 2. The zero-order valence-corrected chi connectivity index (χ0v) is 21.6. The van der Waals surface area contributed by atoms with Crippen molar-refractivity contribution < 1.29 is 19.0 Å². The summed E-state index contributed by atoms with van der Waals surface area (Å²) in [6, 6.07) is 12.5. The zero-order valence-electron chi connectivity index (χ0n) is 20.8. The number of aryl methyl sites for hydroxylation is 2. The van der Waals surface area contributed by atoms with E-state index in [2.05, 4.69) is 9.88 Å². The Morgan fingerprint density at radius 2 is 1.89 bits per heavy atom. The number of methoxy groups -OCH3 is 1. The standard InChI is InChI=1S/C29H34ClFN2O3/c1-36-23-10-11-27-25(18-23)24(26(30)20-32-27)5-2-12-29(19-28(34)35)13-16-33(17-14-29)15-3-4-21-6-8-22(31)9-7-21/h6-11,18,20H,2-5,12-17,19H2,1H3,(H,34,35). The molecule has 0 radical (unpaired) electrons. The van der Waals surface area contributed by atoms with Crippen LogP contribution in [0.15, 0.2) is 48.7 Å². The van der Waals surface area contributed by atoms with Crippen LogP contribution in [-0.4, -0.2) is 47.7 Å². The minimum atomic E-state index is -0.725. The molecule has 0 amide bonds. The minimum Gasteiger partial charge on any atom is -0.497 e. The van der Waals surface area contributed by atoms with Gasteiger partial charge in [-0.15, -0.1) is 0 Å². The largest absolute Gasteiger partial charge is 0.497 e. The van der Waals surface area contributed by atoms with Crippen molar-refractivity contribution in [2.45, 2.75) is 51.4 Å². The average Bonchev–Trinajstić information content (AvgIpc) is 2.87. The second-order valence-electron chi connectivity index (χ2n) is 9.96. The van der Waals surface area contributed by atoms with E-state index in [-0.39, 0.29) is 17.7 Å². The summed E-state index contributed by atoms with van der Waals surface area (Å²) in [6.07, 6.45) is 8.09. The SMILES string of the molecule is COc1ccc2ncc(Cl)c(CCCC3(CC(=O)O)CCN(CCCc4ccc(F)cc4)CC3)c2c1. The molecule has 36 heavy (non-hydrogen) atoms. The van der Waals surface area contributed by atoms with E-state index in [4.69, 9.17) is 16.3 Å². The van der Waals surface area contributed by atoms with Gasteiger partial charge in [0.25, 0.3) is 0 Å². The first-order valence-electron chi connectivity index (χ1n) is 12.7. The van der Waals surface area contributed by atoms with E-state index in [1.807, 2.05) is 30.3 Å². The maximum absolute atomic E-state index is 13.1. The lowest BCUT2D eigenvalue weighted by atomic mass is 9.72. The van der Waals surface area contributed by atoms with Crippen LogP contribution in [-0.2, 0) is 17.6 Å². The van der Waals surface area contributed by atoms with Crippen molar-refractivity contribution in [2.24, 2.45) is 5.41 Å². The summed E-state index contributed by atoms with van der Waals surface area (Å²) < 4.78 is 18.5. The van der Waals surface area contributed by atoms with Crippen LogP contribution in [0.2, 0.25) is 5.02 Å². The predicted octanol–water partition coefficient (Wildman–Crippen LogP) is 6.55. The number of aromatic nitrogens is 1. The van der Waals surface area contributed by atoms with Gasteiger partial charge in [-0.3, -0.25) is 9.78 Å². The topological polar surface area (TPSA) is 62.7 Å². The highest BCUT2D eigenvalue weighted by atomic mass is 35.5. The van der Waals surface area contributed by atoms with Gasteiger partial charge in [-0.2, -0.15) is 0 Å². The number of carboxylic acids is 1. The highest BCUT2D eigenvalue weighted by Gasteiger charge is 2.36. The summed E-state index contributed by atoms with van der Waals surface area (Å²) >= 11 is 6.54. The first kappa shape index (κ1) is 26.4. The first-order chi connectivity index (χ1) is 17.4. The molecule has 1 fully saturated rings. The normalized spacial score (nSPS) is 15.8. The number of carbonyl (C=O) groups is 1. The van der Waals surface area contributed by atoms with E-state index in [1.165, 1.54) is 12.1 Å². The van der Waals surface area contributed by atoms with Gasteiger partial charge in [-0.05, 0) is 111 Å². The summed E-state index contributed by atoms with van der Waals surface area (Å²) in [7, 11) is 1.64. The molecule has 7 heteroatoms. The number of carboxylic acid groups (broad SMARTS) is 1. The molecule has 3 aromatic rings. The van der Waals surface area contributed by atoms with Gasteiger partial charge in [0.05, 0.1) is 24.1 Å². The van der Waals surface area contributed by atoms with Crippen LogP contribution < -0.4 is 4.74 Å². The number of hydrogen-bond acceptors (Lipinski definition) is 4. The molecule has 1 aromatic heterocycles. The molecular formula is C29H34ClFN2O3. The fraction of sp³-hybridized carbons (Fsp3) is 0.448. The maximum Gasteiger partial charge on any atom is 0.303 e. The Bertz CT molecular complexity index is 1180. The van der Waals surface area contributed by atoms with E-state index in [0.717, 1.165) is 92.4 Å². The third-order valence-corrected chi connectivity index (χ3v) is 7.89. The van der Waals surface area contributed by atoms with Crippen LogP contribution in [0, 0.1) is 11.2 Å². The molecule has 5 nitrogen and oxygen atoms in total. The van der Waals surface area contributed by atoms with Gasteiger partial charge in [0, 0.05) is 11.6 Å². The fourth-order valence-electron chi connectivity index (χ4n) is 5.47. The highest BCUT2D eigenvalue weighted by molar-refractivity contribution is 6.32. The third-order valence-electron chi connectivity index (χ3n) is 7.56. The Balaban J connectivity index is 1.34. The lowest BCUT2D eigenvalue weighted by Crippen LogP contribution is -2.41. The molecule has 2 aromatic carbocycles. The van der Waals surface area contributed by atoms with Crippen molar-refractivity contribution in [1.29, 1.82) is 0 Å². The van der Waals surface area contributed by atoms with Gasteiger partial charge in [0.15, 0.2) is 0 Å². The van der Waals surface area contributed by atoms with E-state index in [1.54, 1.807) is 13.3 Å². The van der Waals surface area contributed by atoms with Gasteiger partial charge in [-0.1, -0.05) is 23.7 Å². The number of ether oxygens (including phenoxy) is 1. The number of piperidine rings is 1. The molecule has 1 N–H and O–H groups in total. The van der Waals surface area contributed by atoms with Crippen LogP contribution in [0.25, 0.3) is 10.9 Å². The number of aliphatic carboxylic acids is 1. The van der Waals surface area contributed by atoms with Crippen molar-refractivity contribution >= 4 is 28.5 Å². The van der Waals surface area contributed by atoms with Crippen molar-refractivity contribution in [1.82, 2.24) is 9.88 Å². The summed E-state index contributed by atoms with van der Waals surface area (Å²) in [4.78, 5) is 18.6. The lowest BCUT2D eigenvalue weighted by molar-refractivity contribution is -0.140. The molecule has 192 valence electrons. The second kappa shape index (κ2) is 12.0. The van der Waals surface area contributed by atoms with Crippen LogP contribution >= 0.6 is 11.6 Å². The van der Waals surface area contributed by atoms with E-state index >= 15 is 0 Å². The molecular weight excluding hydrogens is 479 g/mol. The number of nitrogens with zero attached hydrogens (tertiary/aromatic N) is 2. The van der Waals surface area contributed by atoms with Crippen LogP contribution in [0.4, 0.5) is 4.39 Å².